The van der Waals surface area contributed by atoms with Crippen LogP contribution in [0.4, 0.5) is 17.3 Å². The number of fused-ring (bicyclic) bond motifs is 1. The van der Waals surface area contributed by atoms with Crippen LogP contribution >= 0.6 is 0 Å². The summed E-state index contributed by atoms with van der Waals surface area (Å²) in [6.07, 6.45) is 3.15. The molecule has 0 aliphatic rings. The summed E-state index contributed by atoms with van der Waals surface area (Å²) in [5.74, 6) is 1.15. The van der Waals surface area contributed by atoms with E-state index in [1.807, 2.05) is 50.2 Å². The number of anilines is 3. The van der Waals surface area contributed by atoms with Crippen molar-refractivity contribution in [2.45, 2.75) is 25.7 Å². The number of rotatable bonds is 7. The molecule has 8 heteroatoms. The van der Waals surface area contributed by atoms with E-state index in [-0.39, 0.29) is 12.2 Å². The molecular weight excluding hydrogens is 414 g/mol. The maximum Gasteiger partial charge on any atom is 0.167 e. The van der Waals surface area contributed by atoms with Gasteiger partial charge >= 0.3 is 0 Å². The number of carbonyl (C=O) groups is 1. The van der Waals surface area contributed by atoms with Gasteiger partial charge in [0.2, 0.25) is 0 Å². The van der Waals surface area contributed by atoms with Crippen LogP contribution in [0.5, 0.6) is 0 Å². The highest BCUT2D eigenvalue weighted by molar-refractivity contribution is 5.98. The molecule has 0 aliphatic heterocycles. The Labute approximate surface area is 191 Å². The summed E-state index contributed by atoms with van der Waals surface area (Å²) >= 11 is 0. The number of nitrogens with one attached hydrogen (secondary N) is 2. The minimum atomic E-state index is -0.656. The fraction of sp³-hybridized carbons (Fsp3) is 0.200. The molecule has 0 bridgehead atoms. The highest BCUT2D eigenvalue weighted by atomic mass is 16.1. The summed E-state index contributed by atoms with van der Waals surface area (Å²) in [6.45, 7) is 3.68. The molecule has 0 spiro atoms. The summed E-state index contributed by atoms with van der Waals surface area (Å²) in [6, 6.07) is 17.2. The number of carbonyl (C=O) groups excluding carboxylic acids is 1. The van der Waals surface area contributed by atoms with Crippen molar-refractivity contribution in [3.63, 3.8) is 0 Å². The van der Waals surface area contributed by atoms with Crippen LogP contribution in [0.25, 0.3) is 11.0 Å². The topological polar surface area (TPSA) is 116 Å². The molecule has 8 nitrogen and oxygen atoms in total. The van der Waals surface area contributed by atoms with E-state index in [1.165, 1.54) is 12.7 Å². The van der Waals surface area contributed by atoms with E-state index in [4.69, 9.17) is 0 Å². The molecule has 2 heterocycles. The van der Waals surface area contributed by atoms with Gasteiger partial charge in [-0.25, -0.2) is 19.9 Å². The Morgan fingerprint density at radius 1 is 0.970 bits per heavy atom. The van der Waals surface area contributed by atoms with E-state index in [9.17, 15) is 10.1 Å². The van der Waals surface area contributed by atoms with E-state index in [2.05, 4.69) is 36.6 Å². The Hall–Kier alpha value is -4.38. The second kappa shape index (κ2) is 9.01. The monoisotopic (exact) mass is 437 g/mol. The lowest BCUT2D eigenvalue weighted by Gasteiger charge is -2.16. The van der Waals surface area contributed by atoms with Gasteiger partial charge in [-0.05, 0) is 43.2 Å². The van der Waals surface area contributed by atoms with Crippen molar-refractivity contribution in [2.75, 3.05) is 17.7 Å². The van der Waals surface area contributed by atoms with Crippen LogP contribution in [0.15, 0.2) is 61.2 Å². The van der Waals surface area contributed by atoms with Crippen LogP contribution in [-0.2, 0) is 11.8 Å². The van der Waals surface area contributed by atoms with E-state index in [1.54, 1.807) is 19.2 Å². The van der Waals surface area contributed by atoms with Gasteiger partial charge in [-0.1, -0.05) is 30.3 Å². The Balaban J connectivity index is 1.56. The molecule has 0 saturated carbocycles. The molecule has 0 saturated heterocycles. The molecule has 2 aromatic heterocycles. The van der Waals surface area contributed by atoms with E-state index >= 15 is 0 Å². The van der Waals surface area contributed by atoms with Gasteiger partial charge in [-0.2, -0.15) is 5.26 Å². The third-order valence-electron chi connectivity index (χ3n) is 5.40. The van der Waals surface area contributed by atoms with Crippen molar-refractivity contribution < 1.29 is 4.79 Å². The fourth-order valence-corrected chi connectivity index (χ4v) is 3.48. The van der Waals surface area contributed by atoms with Crippen molar-refractivity contribution in [1.29, 1.82) is 5.26 Å². The molecule has 4 aromatic rings. The summed E-state index contributed by atoms with van der Waals surface area (Å²) in [4.78, 5) is 30.0. The number of hydrogen-bond acceptors (Lipinski definition) is 8. The SMILES string of the molecule is CNc1ncnc2c(Nc3cccc(CC(=O)c4cccc(C(C)(C)C#N)c4)c3)ncnc12. The van der Waals surface area contributed by atoms with Gasteiger partial charge in [0.15, 0.2) is 17.4 Å². The van der Waals surface area contributed by atoms with Crippen LogP contribution in [0.1, 0.15) is 35.3 Å². The first-order valence-corrected chi connectivity index (χ1v) is 10.5. The average Bonchev–Trinajstić information content (AvgIpc) is 2.84. The van der Waals surface area contributed by atoms with Gasteiger partial charge in [-0.15, -0.1) is 0 Å². The van der Waals surface area contributed by atoms with Crippen LogP contribution in [0, 0.1) is 11.3 Å². The smallest absolute Gasteiger partial charge is 0.167 e. The fourth-order valence-electron chi connectivity index (χ4n) is 3.48. The zero-order valence-electron chi connectivity index (χ0n) is 18.6. The normalized spacial score (nSPS) is 11.1. The lowest BCUT2D eigenvalue weighted by atomic mass is 9.85. The van der Waals surface area contributed by atoms with Gasteiger partial charge in [0.05, 0.1) is 11.5 Å². The molecule has 0 unspecified atom stereocenters. The average molecular weight is 438 g/mol. The maximum atomic E-state index is 12.9. The largest absolute Gasteiger partial charge is 0.371 e. The summed E-state index contributed by atoms with van der Waals surface area (Å²) < 4.78 is 0. The van der Waals surface area contributed by atoms with Gasteiger partial charge < -0.3 is 10.6 Å². The number of Topliss-reactive ketones (excluding diaryl/α,β-unsaturated/α-hetero) is 1. The number of benzene rings is 2. The highest BCUT2D eigenvalue weighted by Crippen LogP contribution is 2.26. The Bertz CT molecular complexity index is 1370. The van der Waals surface area contributed by atoms with Crippen LogP contribution in [0.3, 0.4) is 0 Å². The van der Waals surface area contributed by atoms with Gasteiger partial charge in [0.25, 0.3) is 0 Å². The first kappa shape index (κ1) is 21.8. The first-order chi connectivity index (χ1) is 15.9. The van der Waals surface area contributed by atoms with E-state index < -0.39 is 5.41 Å². The Morgan fingerprint density at radius 2 is 1.67 bits per heavy atom. The van der Waals surface area contributed by atoms with Gasteiger partial charge in [-0.3, -0.25) is 4.79 Å². The molecule has 33 heavy (non-hydrogen) atoms. The quantitative estimate of drug-likeness (QED) is 0.408. The number of nitriles is 1. The second-order valence-corrected chi connectivity index (χ2v) is 8.13. The zero-order chi connectivity index (χ0) is 23.4. The molecule has 0 atom stereocenters. The third kappa shape index (κ3) is 4.62. The van der Waals surface area contributed by atoms with Crippen LogP contribution in [0.2, 0.25) is 0 Å². The van der Waals surface area contributed by atoms with Crippen molar-refractivity contribution in [3.8, 4) is 6.07 Å². The maximum absolute atomic E-state index is 12.9. The molecule has 2 N–H and O–H groups in total. The molecule has 0 amide bonds. The summed E-state index contributed by atoms with van der Waals surface area (Å²) in [7, 11) is 1.77. The summed E-state index contributed by atoms with van der Waals surface area (Å²) in [5, 5.41) is 15.7. The van der Waals surface area contributed by atoms with E-state index in [0.29, 0.717) is 28.2 Å². The van der Waals surface area contributed by atoms with Crippen molar-refractivity contribution >= 4 is 34.1 Å². The molecule has 4 rings (SSSR count). The molecule has 0 fully saturated rings. The number of nitrogens with zero attached hydrogens (tertiary/aromatic N) is 5. The predicted molar refractivity (Wildman–Crippen MR) is 128 cm³/mol. The minimum absolute atomic E-state index is 0.0124. The predicted octanol–water partition coefficient (Wildman–Crippen LogP) is 4.43. The molecule has 164 valence electrons. The molecule has 0 aliphatic carbocycles. The van der Waals surface area contributed by atoms with Gasteiger partial charge in [0.1, 0.15) is 23.7 Å². The van der Waals surface area contributed by atoms with Crippen molar-refractivity contribution in [2.24, 2.45) is 0 Å². The van der Waals surface area contributed by atoms with Crippen LogP contribution < -0.4 is 10.6 Å². The highest BCUT2D eigenvalue weighted by Gasteiger charge is 2.21. The first-order valence-electron chi connectivity index (χ1n) is 10.5. The lowest BCUT2D eigenvalue weighted by Crippen LogP contribution is -2.15. The van der Waals surface area contributed by atoms with Gasteiger partial charge in [0, 0.05) is 24.7 Å². The van der Waals surface area contributed by atoms with Crippen molar-refractivity contribution in [3.05, 3.63) is 77.9 Å². The Kier molecular flexibility index (Phi) is 5.96. The lowest BCUT2D eigenvalue weighted by molar-refractivity contribution is 0.0993. The minimum Gasteiger partial charge on any atom is -0.371 e. The van der Waals surface area contributed by atoms with E-state index in [0.717, 1.165) is 16.8 Å². The number of aromatic nitrogens is 4. The Morgan fingerprint density at radius 3 is 2.39 bits per heavy atom. The molecule has 2 aromatic carbocycles. The second-order valence-electron chi connectivity index (χ2n) is 8.13. The third-order valence-corrected chi connectivity index (χ3v) is 5.40. The standard InChI is InChI=1S/C25H23N7O/c1-25(2,13-26)18-8-5-7-17(12-18)20(33)11-16-6-4-9-19(10-16)32-24-22-21(28-15-31-24)23(27-3)30-14-29-22/h4-10,12,14-15H,11H2,1-3H3,(H,27,29,30)(H,28,31,32). The molecular formula is C25H23N7O. The van der Waals surface area contributed by atoms with Crippen LogP contribution in [-0.4, -0.2) is 32.8 Å². The van der Waals surface area contributed by atoms with Crippen molar-refractivity contribution in [1.82, 2.24) is 19.9 Å². The zero-order valence-corrected chi connectivity index (χ0v) is 18.6. The number of ketones is 1. The summed E-state index contributed by atoms with van der Waals surface area (Å²) in [5.41, 5.74) is 3.61. The number of hydrogen-bond donors (Lipinski definition) is 2. The molecule has 0 radical (unpaired) electrons.